The summed E-state index contributed by atoms with van der Waals surface area (Å²) in [6.07, 6.45) is 9.12. The third kappa shape index (κ3) is 15.0. The summed E-state index contributed by atoms with van der Waals surface area (Å²) in [4.78, 5) is 9.87. The van der Waals surface area contributed by atoms with Crippen molar-refractivity contribution in [3.8, 4) is 0 Å². The Balaban J connectivity index is 0. The van der Waals surface area contributed by atoms with Gasteiger partial charge in [-0.15, -0.1) is 0 Å². The molecule has 3 heteroatoms. The molecule has 0 rings (SSSR count). The number of carboxylic acids is 1. The van der Waals surface area contributed by atoms with E-state index in [1.165, 1.54) is 25.7 Å². The molecule has 0 fully saturated rings. The van der Waals surface area contributed by atoms with Crippen molar-refractivity contribution >= 4 is 24.3 Å². The van der Waals surface area contributed by atoms with Gasteiger partial charge in [0.2, 0.25) is 0 Å². The molecule has 0 aromatic rings. The number of unbranched alkanes of at least 4 members (excludes halogenated alkanes) is 4. The number of carbonyl (C=O) groups is 1. The van der Waals surface area contributed by atoms with Crippen LogP contribution in [0, 0.1) is 0 Å². The van der Waals surface area contributed by atoms with Gasteiger partial charge >= 0.3 is 95.5 Å². The van der Waals surface area contributed by atoms with Crippen molar-refractivity contribution in [3.05, 3.63) is 0 Å². The van der Waals surface area contributed by atoms with Gasteiger partial charge in [0.25, 0.3) is 0 Å². The SMILES string of the molecule is CCCCCC(=O)O.CCC[CH2][Sn]([CH2]C)([CH2]C)[CH2]CCC. The summed E-state index contributed by atoms with van der Waals surface area (Å²) in [6, 6.07) is 0. The minimum absolute atomic E-state index is 0.327. The second-order valence-electron chi connectivity index (χ2n) is 6.27. The van der Waals surface area contributed by atoms with E-state index in [-0.39, 0.29) is 0 Å². The molecule has 0 atom stereocenters. The standard InChI is InChI=1S/C6H12O2.2C4H9.2C2H5.Sn/c1-2-3-4-5-6(7)8;2*1-3-4-2;2*1-2;/h2-5H2,1H3,(H,7,8);2*1,3-4H2,2H3;2*1H2,2H3;. The molecule has 0 unspecified atom stereocenters. The summed E-state index contributed by atoms with van der Waals surface area (Å²) >= 11 is -1.54. The third-order valence-electron chi connectivity index (χ3n) is 4.62. The molecule has 0 aromatic heterocycles. The minimum atomic E-state index is -1.54. The zero-order valence-corrected chi connectivity index (χ0v) is 18.2. The predicted molar refractivity (Wildman–Crippen MR) is 97.9 cm³/mol. The fraction of sp³-hybridized carbons (Fsp3) is 0.944. The topological polar surface area (TPSA) is 37.3 Å². The first-order valence-corrected chi connectivity index (χ1v) is 17.3. The van der Waals surface area contributed by atoms with Crippen molar-refractivity contribution in [2.75, 3.05) is 0 Å². The normalized spacial score (nSPS) is 10.9. The Kier molecular flexibility index (Phi) is 18.6. The summed E-state index contributed by atoms with van der Waals surface area (Å²) in [5, 5.41) is 8.14. The molecule has 1 N–H and O–H groups in total. The number of aliphatic carboxylic acids is 1. The van der Waals surface area contributed by atoms with Crippen LogP contribution in [0.15, 0.2) is 0 Å². The van der Waals surface area contributed by atoms with Gasteiger partial charge in [0.15, 0.2) is 0 Å². The summed E-state index contributed by atoms with van der Waals surface area (Å²) in [5.74, 6) is -0.682. The predicted octanol–water partition coefficient (Wildman–Crippen LogP) is 6.73. The van der Waals surface area contributed by atoms with Gasteiger partial charge in [0.05, 0.1) is 0 Å². The van der Waals surface area contributed by atoms with Crippen LogP contribution in [0.5, 0.6) is 0 Å². The van der Waals surface area contributed by atoms with Crippen molar-refractivity contribution in [1.82, 2.24) is 0 Å². The number of rotatable bonds is 12. The molecule has 0 saturated carbocycles. The van der Waals surface area contributed by atoms with Crippen LogP contribution in [0.1, 0.15) is 86.0 Å². The molecule has 0 heterocycles. The summed E-state index contributed by atoms with van der Waals surface area (Å²) < 4.78 is 6.51. The zero-order valence-electron chi connectivity index (χ0n) is 15.3. The van der Waals surface area contributed by atoms with Crippen molar-refractivity contribution in [1.29, 1.82) is 0 Å². The Morgan fingerprint density at radius 1 is 0.762 bits per heavy atom. The van der Waals surface area contributed by atoms with Gasteiger partial charge in [-0.05, 0) is 6.42 Å². The van der Waals surface area contributed by atoms with E-state index in [0.717, 1.165) is 19.3 Å². The van der Waals surface area contributed by atoms with E-state index in [2.05, 4.69) is 34.6 Å². The number of carboxylic acid groups (broad SMARTS) is 1. The summed E-state index contributed by atoms with van der Waals surface area (Å²) in [7, 11) is 0. The van der Waals surface area contributed by atoms with Crippen LogP contribution in [0.4, 0.5) is 0 Å². The Morgan fingerprint density at radius 3 is 1.48 bits per heavy atom. The van der Waals surface area contributed by atoms with Crippen LogP contribution in [0.2, 0.25) is 17.7 Å². The summed E-state index contributed by atoms with van der Waals surface area (Å²) in [6.45, 7) is 11.7. The van der Waals surface area contributed by atoms with Crippen LogP contribution in [-0.2, 0) is 4.79 Å². The van der Waals surface area contributed by atoms with E-state index in [1.807, 2.05) is 0 Å². The van der Waals surface area contributed by atoms with Gasteiger partial charge in [-0.25, -0.2) is 0 Å². The van der Waals surface area contributed by atoms with E-state index in [9.17, 15) is 4.79 Å². The second kappa shape index (κ2) is 16.6. The molecule has 0 radical (unpaired) electrons. The van der Waals surface area contributed by atoms with Crippen molar-refractivity contribution in [2.45, 2.75) is 104 Å². The Labute approximate surface area is 138 Å². The van der Waals surface area contributed by atoms with Gasteiger partial charge in [0.1, 0.15) is 0 Å². The second-order valence-corrected chi connectivity index (χ2v) is 21.7. The Hall–Kier alpha value is 0.269. The van der Waals surface area contributed by atoms with Crippen LogP contribution in [0.25, 0.3) is 0 Å². The van der Waals surface area contributed by atoms with E-state index < -0.39 is 24.3 Å². The van der Waals surface area contributed by atoms with Gasteiger partial charge in [-0.3, -0.25) is 4.79 Å². The molecule has 0 aliphatic rings. The van der Waals surface area contributed by atoms with Crippen LogP contribution < -0.4 is 0 Å². The number of hydrogen-bond donors (Lipinski definition) is 1. The fourth-order valence-corrected chi connectivity index (χ4v) is 15.2. The molecule has 0 saturated heterocycles. The van der Waals surface area contributed by atoms with Gasteiger partial charge in [-0.2, -0.15) is 0 Å². The molecule has 0 spiro atoms. The van der Waals surface area contributed by atoms with E-state index in [4.69, 9.17) is 5.11 Å². The van der Waals surface area contributed by atoms with Crippen molar-refractivity contribution in [2.24, 2.45) is 0 Å². The third-order valence-corrected chi connectivity index (χ3v) is 21.3. The van der Waals surface area contributed by atoms with Crippen molar-refractivity contribution in [3.63, 3.8) is 0 Å². The molecule has 0 aromatic carbocycles. The molecule has 0 aliphatic heterocycles. The zero-order chi connectivity index (χ0) is 16.6. The summed E-state index contributed by atoms with van der Waals surface area (Å²) in [5.41, 5.74) is 0. The quantitative estimate of drug-likeness (QED) is 0.288. The van der Waals surface area contributed by atoms with Crippen LogP contribution >= 0.6 is 0 Å². The monoisotopic (exact) mass is 408 g/mol. The molecule has 2 nitrogen and oxygen atoms in total. The van der Waals surface area contributed by atoms with Crippen LogP contribution in [-0.4, -0.2) is 29.5 Å². The average molecular weight is 407 g/mol. The van der Waals surface area contributed by atoms with E-state index in [1.54, 1.807) is 17.7 Å². The molecular weight excluding hydrogens is 367 g/mol. The molecule has 0 aliphatic carbocycles. The van der Waals surface area contributed by atoms with Gasteiger partial charge in [-0.1, -0.05) is 19.8 Å². The maximum atomic E-state index is 9.87. The molecular formula is C18H40O2Sn. The first-order chi connectivity index (χ1) is 10.0. The Bertz CT molecular complexity index is 215. The van der Waals surface area contributed by atoms with E-state index in [0.29, 0.717) is 6.42 Å². The first-order valence-electron chi connectivity index (χ1n) is 9.23. The first kappa shape index (κ1) is 23.5. The fourth-order valence-electron chi connectivity index (χ4n) is 2.71. The number of hydrogen-bond acceptors (Lipinski definition) is 1. The molecule has 0 bridgehead atoms. The maximum absolute atomic E-state index is 9.87. The average Bonchev–Trinajstić information content (AvgIpc) is 2.49. The van der Waals surface area contributed by atoms with Crippen molar-refractivity contribution < 1.29 is 9.90 Å². The van der Waals surface area contributed by atoms with Gasteiger partial charge in [0, 0.05) is 6.42 Å². The Morgan fingerprint density at radius 2 is 1.19 bits per heavy atom. The van der Waals surface area contributed by atoms with Gasteiger partial charge < -0.3 is 5.11 Å². The van der Waals surface area contributed by atoms with Crippen LogP contribution in [0.3, 0.4) is 0 Å². The van der Waals surface area contributed by atoms with E-state index >= 15 is 0 Å². The molecule has 21 heavy (non-hydrogen) atoms. The molecule has 0 amide bonds. The molecule has 128 valence electrons.